The molecule has 0 unspecified atom stereocenters. The zero-order valence-electron chi connectivity index (χ0n) is 16.9. The van der Waals surface area contributed by atoms with Crippen molar-refractivity contribution >= 4 is 21.6 Å². The Bertz CT molecular complexity index is 1050. The molecule has 6 nitrogen and oxygen atoms in total. The van der Waals surface area contributed by atoms with E-state index in [1.807, 2.05) is 60.7 Å². The third kappa shape index (κ3) is 5.18. The highest BCUT2D eigenvalue weighted by molar-refractivity contribution is 7.92. The van der Waals surface area contributed by atoms with E-state index in [0.29, 0.717) is 11.4 Å². The van der Waals surface area contributed by atoms with Gasteiger partial charge < -0.3 is 10.1 Å². The number of sulfonamides is 1. The quantitative estimate of drug-likeness (QED) is 0.602. The second-order valence-corrected chi connectivity index (χ2v) is 8.67. The van der Waals surface area contributed by atoms with Crippen LogP contribution in [-0.4, -0.2) is 34.2 Å². The van der Waals surface area contributed by atoms with Crippen molar-refractivity contribution in [3.05, 3.63) is 96.1 Å². The topological polar surface area (TPSA) is 75.7 Å². The maximum atomic E-state index is 13.0. The van der Waals surface area contributed by atoms with Gasteiger partial charge in [-0.1, -0.05) is 72.8 Å². The minimum absolute atomic E-state index is 0.314. The number of ether oxygens (including phenoxy) is 1. The first-order chi connectivity index (χ1) is 14.4. The number of benzene rings is 3. The van der Waals surface area contributed by atoms with Gasteiger partial charge in [-0.3, -0.25) is 9.10 Å². The number of carbonyl (C=O) groups excluding carboxylic acids is 1. The highest BCUT2D eigenvalue weighted by Crippen LogP contribution is 2.29. The monoisotopic (exact) mass is 424 g/mol. The summed E-state index contributed by atoms with van der Waals surface area (Å²) in [5.74, 6) is -0.0533. The largest absolute Gasteiger partial charge is 0.495 e. The summed E-state index contributed by atoms with van der Waals surface area (Å²) in [4.78, 5) is 13.0. The lowest BCUT2D eigenvalue weighted by Gasteiger charge is -2.26. The Morgan fingerprint density at radius 3 is 1.90 bits per heavy atom. The lowest BCUT2D eigenvalue weighted by atomic mass is 9.99. The number of methoxy groups -OCH3 is 1. The van der Waals surface area contributed by atoms with E-state index in [4.69, 9.17) is 4.74 Å². The van der Waals surface area contributed by atoms with Crippen molar-refractivity contribution in [1.29, 1.82) is 0 Å². The summed E-state index contributed by atoms with van der Waals surface area (Å²) in [5, 5.41) is 2.97. The second kappa shape index (κ2) is 9.45. The maximum absolute atomic E-state index is 13.0. The average molecular weight is 425 g/mol. The first kappa shape index (κ1) is 21.4. The Hall–Kier alpha value is -3.32. The van der Waals surface area contributed by atoms with Crippen molar-refractivity contribution in [2.45, 2.75) is 6.04 Å². The minimum atomic E-state index is -3.72. The molecule has 1 amide bonds. The normalized spacial score (nSPS) is 11.2. The van der Waals surface area contributed by atoms with Crippen LogP contribution in [0, 0.1) is 0 Å². The molecule has 0 aliphatic heterocycles. The zero-order chi connectivity index (χ0) is 21.6. The van der Waals surface area contributed by atoms with E-state index in [0.717, 1.165) is 21.7 Å². The molecule has 0 aliphatic rings. The Labute approximate surface area is 177 Å². The Morgan fingerprint density at radius 2 is 1.40 bits per heavy atom. The summed E-state index contributed by atoms with van der Waals surface area (Å²) < 4.78 is 31.2. The van der Waals surface area contributed by atoms with Crippen molar-refractivity contribution in [3.8, 4) is 5.75 Å². The van der Waals surface area contributed by atoms with Crippen molar-refractivity contribution < 1.29 is 17.9 Å². The molecule has 30 heavy (non-hydrogen) atoms. The zero-order valence-corrected chi connectivity index (χ0v) is 17.7. The maximum Gasteiger partial charge on any atom is 0.241 e. The number of hydrogen-bond donors (Lipinski definition) is 1. The van der Waals surface area contributed by atoms with E-state index >= 15 is 0 Å². The highest BCUT2D eigenvalue weighted by atomic mass is 32.2. The SMILES string of the molecule is COc1ccccc1N(CC(=O)NC(c1ccccc1)c1ccccc1)S(C)(=O)=O. The summed E-state index contributed by atoms with van der Waals surface area (Å²) >= 11 is 0. The van der Waals surface area contributed by atoms with Crippen LogP contribution in [0.5, 0.6) is 5.75 Å². The molecular formula is C23H24N2O4S. The summed E-state index contributed by atoms with van der Waals surface area (Å²) in [6.07, 6.45) is 1.07. The summed E-state index contributed by atoms with van der Waals surface area (Å²) in [5.41, 5.74) is 2.12. The van der Waals surface area contributed by atoms with E-state index in [9.17, 15) is 13.2 Å². The number of nitrogens with zero attached hydrogens (tertiary/aromatic N) is 1. The molecular weight excluding hydrogens is 400 g/mol. The van der Waals surface area contributed by atoms with Crippen LogP contribution in [-0.2, 0) is 14.8 Å². The van der Waals surface area contributed by atoms with E-state index in [-0.39, 0.29) is 6.54 Å². The molecule has 0 spiro atoms. The molecule has 1 N–H and O–H groups in total. The van der Waals surface area contributed by atoms with Gasteiger partial charge >= 0.3 is 0 Å². The lowest BCUT2D eigenvalue weighted by Crippen LogP contribution is -2.42. The first-order valence-electron chi connectivity index (χ1n) is 9.40. The molecule has 0 aromatic heterocycles. The fourth-order valence-electron chi connectivity index (χ4n) is 3.20. The van der Waals surface area contributed by atoms with E-state index in [1.165, 1.54) is 7.11 Å². The first-order valence-corrected chi connectivity index (χ1v) is 11.2. The van der Waals surface area contributed by atoms with Gasteiger partial charge in [0.1, 0.15) is 12.3 Å². The minimum Gasteiger partial charge on any atom is -0.495 e. The molecule has 156 valence electrons. The van der Waals surface area contributed by atoms with Gasteiger partial charge in [0.25, 0.3) is 0 Å². The number of nitrogens with one attached hydrogen (secondary N) is 1. The Morgan fingerprint density at radius 1 is 0.900 bits per heavy atom. The van der Waals surface area contributed by atoms with Crippen LogP contribution in [0.1, 0.15) is 17.2 Å². The third-order valence-corrected chi connectivity index (χ3v) is 5.74. The molecule has 0 fully saturated rings. The summed E-state index contributed by atoms with van der Waals surface area (Å²) in [6, 6.07) is 25.4. The summed E-state index contributed by atoms with van der Waals surface area (Å²) in [7, 11) is -2.26. The van der Waals surface area contributed by atoms with Crippen molar-refractivity contribution in [1.82, 2.24) is 5.32 Å². The van der Waals surface area contributed by atoms with Gasteiger partial charge in [0.05, 0.1) is 25.1 Å². The lowest BCUT2D eigenvalue weighted by molar-refractivity contribution is -0.120. The molecule has 3 aromatic rings. The molecule has 3 rings (SSSR count). The van der Waals surface area contributed by atoms with Gasteiger partial charge in [0, 0.05) is 0 Å². The highest BCUT2D eigenvalue weighted by Gasteiger charge is 2.25. The molecule has 7 heteroatoms. The van der Waals surface area contributed by atoms with Gasteiger partial charge in [0.2, 0.25) is 15.9 Å². The van der Waals surface area contributed by atoms with Crippen molar-refractivity contribution in [2.24, 2.45) is 0 Å². The number of amides is 1. The standard InChI is InChI=1S/C23H24N2O4S/c1-29-21-16-10-9-15-20(21)25(30(2,27)28)17-22(26)24-23(18-11-5-3-6-12-18)19-13-7-4-8-14-19/h3-16,23H,17H2,1-2H3,(H,24,26). The average Bonchev–Trinajstić information content (AvgIpc) is 2.76. The van der Waals surface area contributed by atoms with Gasteiger partial charge in [-0.25, -0.2) is 8.42 Å². The van der Waals surface area contributed by atoms with Crippen molar-refractivity contribution in [3.63, 3.8) is 0 Å². The number of para-hydroxylation sites is 2. The molecule has 3 aromatic carbocycles. The number of hydrogen-bond acceptors (Lipinski definition) is 4. The summed E-state index contributed by atoms with van der Waals surface area (Å²) in [6.45, 7) is -0.366. The van der Waals surface area contributed by atoms with Crippen molar-refractivity contribution in [2.75, 3.05) is 24.2 Å². The van der Waals surface area contributed by atoms with E-state index in [2.05, 4.69) is 5.32 Å². The Kier molecular flexibility index (Phi) is 6.74. The third-order valence-electron chi connectivity index (χ3n) is 4.61. The molecule has 0 bridgehead atoms. The number of rotatable bonds is 8. The van der Waals surface area contributed by atoms with Gasteiger partial charge in [-0.15, -0.1) is 0 Å². The molecule has 0 saturated carbocycles. The number of anilines is 1. The molecule has 0 heterocycles. The smallest absolute Gasteiger partial charge is 0.241 e. The van der Waals surface area contributed by atoms with Gasteiger partial charge in [-0.05, 0) is 23.3 Å². The van der Waals surface area contributed by atoms with Crippen LogP contribution in [0.4, 0.5) is 5.69 Å². The predicted octanol–water partition coefficient (Wildman–Crippen LogP) is 3.37. The Balaban J connectivity index is 1.90. The van der Waals surface area contributed by atoms with E-state index in [1.54, 1.807) is 24.3 Å². The van der Waals surface area contributed by atoms with Crippen LogP contribution >= 0.6 is 0 Å². The van der Waals surface area contributed by atoms with Crippen LogP contribution in [0.25, 0.3) is 0 Å². The van der Waals surface area contributed by atoms with Gasteiger partial charge in [-0.2, -0.15) is 0 Å². The fraction of sp³-hybridized carbons (Fsp3) is 0.174. The molecule has 0 radical (unpaired) electrons. The second-order valence-electron chi connectivity index (χ2n) is 6.76. The van der Waals surface area contributed by atoms with Gasteiger partial charge in [0.15, 0.2) is 0 Å². The van der Waals surface area contributed by atoms with E-state index < -0.39 is 22.0 Å². The van der Waals surface area contributed by atoms with Crippen LogP contribution in [0.3, 0.4) is 0 Å². The number of carbonyl (C=O) groups is 1. The fourth-order valence-corrected chi connectivity index (χ4v) is 4.06. The predicted molar refractivity (Wildman–Crippen MR) is 118 cm³/mol. The molecule has 0 saturated heterocycles. The molecule has 0 atom stereocenters. The van der Waals surface area contributed by atoms with Crippen LogP contribution < -0.4 is 14.4 Å². The molecule has 0 aliphatic carbocycles. The van der Waals surface area contributed by atoms with Crippen LogP contribution in [0.15, 0.2) is 84.9 Å². The van der Waals surface area contributed by atoms with Crippen LogP contribution in [0.2, 0.25) is 0 Å².